The predicted octanol–water partition coefficient (Wildman–Crippen LogP) is 1.98. The Labute approximate surface area is 115 Å². The van der Waals surface area contributed by atoms with Gasteiger partial charge in [-0.2, -0.15) is 0 Å². The van der Waals surface area contributed by atoms with Crippen molar-refractivity contribution in [1.82, 2.24) is 5.32 Å². The molecule has 0 amide bonds. The SMILES string of the molecule is CCOC1CC(NCc2ccc(OC)cc2)C1OC. The molecule has 1 saturated carbocycles. The van der Waals surface area contributed by atoms with Gasteiger partial charge in [0, 0.05) is 26.3 Å². The Morgan fingerprint density at radius 3 is 2.53 bits per heavy atom. The minimum atomic E-state index is 0.165. The second-order valence-electron chi connectivity index (χ2n) is 4.77. The molecule has 1 fully saturated rings. The molecule has 0 bridgehead atoms. The maximum atomic E-state index is 5.61. The molecule has 1 aromatic rings. The molecule has 0 spiro atoms. The third kappa shape index (κ3) is 3.47. The zero-order valence-electron chi connectivity index (χ0n) is 11.9. The van der Waals surface area contributed by atoms with Gasteiger partial charge in [0.15, 0.2) is 0 Å². The van der Waals surface area contributed by atoms with E-state index in [1.807, 2.05) is 19.1 Å². The van der Waals surface area contributed by atoms with Gasteiger partial charge in [-0.25, -0.2) is 0 Å². The Morgan fingerprint density at radius 1 is 1.21 bits per heavy atom. The number of nitrogens with one attached hydrogen (secondary N) is 1. The number of ether oxygens (including phenoxy) is 3. The van der Waals surface area contributed by atoms with Crippen LogP contribution < -0.4 is 10.1 Å². The first kappa shape index (κ1) is 14.3. The van der Waals surface area contributed by atoms with Crippen LogP contribution in [0.15, 0.2) is 24.3 Å². The summed E-state index contributed by atoms with van der Waals surface area (Å²) in [5, 5.41) is 3.52. The molecule has 1 N–H and O–H groups in total. The summed E-state index contributed by atoms with van der Waals surface area (Å²) in [7, 11) is 3.43. The highest BCUT2D eigenvalue weighted by atomic mass is 16.5. The topological polar surface area (TPSA) is 39.7 Å². The van der Waals surface area contributed by atoms with Crippen molar-refractivity contribution in [3.05, 3.63) is 29.8 Å². The van der Waals surface area contributed by atoms with Gasteiger partial charge >= 0.3 is 0 Å². The molecule has 1 aliphatic carbocycles. The van der Waals surface area contributed by atoms with Crippen molar-refractivity contribution in [2.24, 2.45) is 0 Å². The molecular weight excluding hydrogens is 242 g/mol. The van der Waals surface area contributed by atoms with E-state index in [9.17, 15) is 0 Å². The molecule has 2 rings (SSSR count). The van der Waals surface area contributed by atoms with E-state index in [4.69, 9.17) is 14.2 Å². The van der Waals surface area contributed by atoms with Crippen LogP contribution in [-0.4, -0.2) is 39.1 Å². The Hall–Kier alpha value is -1.10. The normalized spacial score (nSPS) is 25.9. The Morgan fingerprint density at radius 2 is 1.95 bits per heavy atom. The first-order chi connectivity index (χ1) is 9.28. The van der Waals surface area contributed by atoms with Crippen molar-refractivity contribution >= 4 is 0 Å². The van der Waals surface area contributed by atoms with Crippen LogP contribution in [0.3, 0.4) is 0 Å². The lowest BCUT2D eigenvalue weighted by molar-refractivity contribution is -0.131. The average Bonchev–Trinajstić information content (AvgIpc) is 2.43. The largest absolute Gasteiger partial charge is 0.497 e. The fourth-order valence-corrected chi connectivity index (χ4v) is 2.47. The molecule has 3 atom stereocenters. The van der Waals surface area contributed by atoms with Gasteiger partial charge in [-0.15, -0.1) is 0 Å². The zero-order chi connectivity index (χ0) is 13.7. The Bertz CT molecular complexity index is 379. The maximum Gasteiger partial charge on any atom is 0.118 e. The van der Waals surface area contributed by atoms with E-state index < -0.39 is 0 Å². The van der Waals surface area contributed by atoms with E-state index in [0.29, 0.717) is 6.04 Å². The molecule has 0 aliphatic heterocycles. The molecule has 1 aliphatic rings. The summed E-state index contributed by atoms with van der Waals surface area (Å²) in [4.78, 5) is 0. The van der Waals surface area contributed by atoms with E-state index in [2.05, 4.69) is 17.4 Å². The van der Waals surface area contributed by atoms with Gasteiger partial charge in [0.2, 0.25) is 0 Å². The summed E-state index contributed by atoms with van der Waals surface area (Å²) in [5.74, 6) is 0.888. The van der Waals surface area contributed by atoms with E-state index in [-0.39, 0.29) is 12.2 Å². The second-order valence-corrected chi connectivity index (χ2v) is 4.77. The second kappa shape index (κ2) is 6.89. The van der Waals surface area contributed by atoms with Gasteiger partial charge < -0.3 is 19.5 Å². The van der Waals surface area contributed by atoms with Crippen molar-refractivity contribution in [1.29, 1.82) is 0 Å². The summed E-state index contributed by atoms with van der Waals surface area (Å²) < 4.78 is 16.2. The highest BCUT2D eigenvalue weighted by molar-refractivity contribution is 5.27. The van der Waals surface area contributed by atoms with E-state index in [1.54, 1.807) is 14.2 Å². The van der Waals surface area contributed by atoms with Crippen LogP contribution in [0.1, 0.15) is 18.9 Å². The van der Waals surface area contributed by atoms with Crippen molar-refractivity contribution in [2.45, 2.75) is 38.1 Å². The molecule has 4 nitrogen and oxygen atoms in total. The highest BCUT2D eigenvalue weighted by Gasteiger charge is 2.41. The minimum Gasteiger partial charge on any atom is -0.497 e. The van der Waals surface area contributed by atoms with Crippen LogP contribution in [-0.2, 0) is 16.0 Å². The lowest BCUT2D eigenvalue weighted by Crippen LogP contribution is -2.59. The summed E-state index contributed by atoms with van der Waals surface area (Å²) in [6.07, 6.45) is 1.42. The quantitative estimate of drug-likeness (QED) is 0.818. The average molecular weight is 265 g/mol. The molecule has 0 heterocycles. The third-order valence-electron chi connectivity index (χ3n) is 3.63. The van der Waals surface area contributed by atoms with Crippen molar-refractivity contribution in [3.8, 4) is 5.75 Å². The van der Waals surface area contributed by atoms with Gasteiger partial charge in [-0.05, 0) is 31.0 Å². The number of hydrogen-bond acceptors (Lipinski definition) is 4. The predicted molar refractivity (Wildman–Crippen MR) is 74.4 cm³/mol. The molecule has 0 radical (unpaired) electrons. The number of hydrogen-bond donors (Lipinski definition) is 1. The van der Waals surface area contributed by atoms with Gasteiger partial charge in [0.1, 0.15) is 5.75 Å². The Kier molecular flexibility index (Phi) is 5.19. The molecule has 4 heteroatoms. The van der Waals surface area contributed by atoms with Crippen LogP contribution in [0.5, 0.6) is 5.75 Å². The molecule has 0 aromatic heterocycles. The first-order valence-electron chi connectivity index (χ1n) is 6.79. The molecule has 106 valence electrons. The van der Waals surface area contributed by atoms with Gasteiger partial charge in [-0.3, -0.25) is 0 Å². The fraction of sp³-hybridized carbons (Fsp3) is 0.600. The number of methoxy groups -OCH3 is 2. The van der Waals surface area contributed by atoms with Crippen LogP contribution in [0.4, 0.5) is 0 Å². The minimum absolute atomic E-state index is 0.165. The van der Waals surface area contributed by atoms with Crippen molar-refractivity contribution in [3.63, 3.8) is 0 Å². The summed E-state index contributed by atoms with van der Waals surface area (Å²) in [5.41, 5.74) is 1.25. The van der Waals surface area contributed by atoms with Crippen LogP contribution in [0, 0.1) is 0 Å². The molecule has 3 unspecified atom stereocenters. The summed E-state index contributed by atoms with van der Waals surface area (Å²) >= 11 is 0. The molecule has 1 aromatic carbocycles. The number of benzene rings is 1. The van der Waals surface area contributed by atoms with Crippen molar-refractivity contribution < 1.29 is 14.2 Å². The third-order valence-corrected chi connectivity index (χ3v) is 3.63. The maximum absolute atomic E-state index is 5.61. The van der Waals surface area contributed by atoms with Gasteiger partial charge in [-0.1, -0.05) is 12.1 Å². The lowest BCUT2D eigenvalue weighted by atomic mass is 9.85. The fourth-order valence-electron chi connectivity index (χ4n) is 2.47. The van der Waals surface area contributed by atoms with E-state index in [1.165, 1.54) is 5.56 Å². The van der Waals surface area contributed by atoms with Crippen LogP contribution in [0.2, 0.25) is 0 Å². The van der Waals surface area contributed by atoms with Crippen LogP contribution >= 0.6 is 0 Å². The smallest absolute Gasteiger partial charge is 0.118 e. The zero-order valence-corrected chi connectivity index (χ0v) is 11.9. The van der Waals surface area contributed by atoms with E-state index >= 15 is 0 Å². The van der Waals surface area contributed by atoms with Crippen molar-refractivity contribution in [2.75, 3.05) is 20.8 Å². The standard InChI is InChI=1S/C15H23NO3/c1-4-19-14-9-13(15(14)18-3)16-10-11-5-7-12(17-2)8-6-11/h5-8,13-16H,4,9-10H2,1-3H3. The molecular formula is C15H23NO3. The summed E-state index contributed by atoms with van der Waals surface area (Å²) in [6.45, 7) is 3.61. The monoisotopic (exact) mass is 265 g/mol. The summed E-state index contributed by atoms with van der Waals surface area (Å²) in [6, 6.07) is 8.49. The molecule has 0 saturated heterocycles. The Balaban J connectivity index is 1.79. The number of rotatable bonds is 7. The first-order valence-corrected chi connectivity index (χ1v) is 6.79. The highest BCUT2D eigenvalue weighted by Crippen LogP contribution is 2.27. The van der Waals surface area contributed by atoms with Gasteiger partial charge in [0.05, 0.1) is 19.3 Å². The van der Waals surface area contributed by atoms with Gasteiger partial charge in [0.25, 0.3) is 0 Å². The molecule has 19 heavy (non-hydrogen) atoms. The van der Waals surface area contributed by atoms with E-state index in [0.717, 1.165) is 25.3 Å². The lowest BCUT2D eigenvalue weighted by Gasteiger charge is -2.43. The van der Waals surface area contributed by atoms with Crippen LogP contribution in [0.25, 0.3) is 0 Å².